The minimum absolute atomic E-state index is 0.0688. The van der Waals surface area contributed by atoms with Gasteiger partial charge in [0.05, 0.1) is 11.9 Å². The Morgan fingerprint density at radius 1 is 1.13 bits per heavy atom. The molecule has 0 saturated heterocycles. The molecule has 6 nitrogen and oxygen atoms in total. The zero-order valence-electron chi connectivity index (χ0n) is 14.5. The molecule has 1 rings (SSSR count). The predicted octanol–water partition coefficient (Wildman–Crippen LogP) is 2.01. The fourth-order valence-electron chi connectivity index (χ4n) is 1.69. The molecule has 0 aliphatic rings. The molecule has 0 aromatic heterocycles. The predicted molar refractivity (Wildman–Crippen MR) is 92.2 cm³/mol. The van der Waals surface area contributed by atoms with E-state index in [2.05, 4.69) is 5.32 Å². The van der Waals surface area contributed by atoms with Gasteiger partial charge in [-0.05, 0) is 44.0 Å². The van der Waals surface area contributed by atoms with Crippen LogP contribution in [0.25, 0.3) is 0 Å². The van der Waals surface area contributed by atoms with Crippen LogP contribution in [0.3, 0.4) is 0 Å². The summed E-state index contributed by atoms with van der Waals surface area (Å²) in [5.74, 6) is 0.677. The third-order valence-electron chi connectivity index (χ3n) is 3.75. The highest BCUT2D eigenvalue weighted by Gasteiger charge is 2.18. The van der Waals surface area contributed by atoms with Crippen LogP contribution in [-0.4, -0.2) is 39.8 Å². The maximum absolute atomic E-state index is 12.0. The molecule has 0 unspecified atom stereocenters. The summed E-state index contributed by atoms with van der Waals surface area (Å²) in [6.07, 6.45) is 0.509. The second kappa shape index (κ2) is 7.68. The highest BCUT2D eigenvalue weighted by molar-refractivity contribution is 7.92. The van der Waals surface area contributed by atoms with E-state index < -0.39 is 16.1 Å². The zero-order valence-corrected chi connectivity index (χ0v) is 15.3. The first-order valence-electron chi connectivity index (χ1n) is 7.53. The number of hydrogen-bond acceptors (Lipinski definition) is 4. The lowest BCUT2D eigenvalue weighted by molar-refractivity contribution is -0.128. The summed E-state index contributed by atoms with van der Waals surface area (Å²) in [5, 5.41) is 2.90. The van der Waals surface area contributed by atoms with Crippen LogP contribution < -0.4 is 14.4 Å². The van der Waals surface area contributed by atoms with Crippen molar-refractivity contribution in [3.63, 3.8) is 0 Å². The summed E-state index contributed by atoms with van der Waals surface area (Å²) >= 11 is 0. The second-order valence-electron chi connectivity index (χ2n) is 6.03. The van der Waals surface area contributed by atoms with Gasteiger partial charge in [0.2, 0.25) is 10.0 Å². The summed E-state index contributed by atoms with van der Waals surface area (Å²) in [7, 11) is -1.82. The van der Waals surface area contributed by atoms with Crippen molar-refractivity contribution in [1.82, 2.24) is 5.32 Å². The molecule has 0 aliphatic carbocycles. The van der Waals surface area contributed by atoms with Gasteiger partial charge < -0.3 is 10.1 Å². The molecule has 0 aliphatic heterocycles. The van der Waals surface area contributed by atoms with Gasteiger partial charge in [-0.15, -0.1) is 0 Å². The zero-order chi connectivity index (χ0) is 17.8. The van der Waals surface area contributed by atoms with Gasteiger partial charge in [0, 0.05) is 13.1 Å². The van der Waals surface area contributed by atoms with Crippen LogP contribution in [-0.2, 0) is 14.8 Å². The first-order chi connectivity index (χ1) is 10.5. The highest BCUT2D eigenvalue weighted by atomic mass is 32.2. The molecule has 1 aromatic rings. The van der Waals surface area contributed by atoms with E-state index >= 15 is 0 Å². The fraction of sp³-hybridized carbons (Fsp3) is 0.562. The second-order valence-corrected chi connectivity index (χ2v) is 8.04. The minimum Gasteiger partial charge on any atom is -0.481 e. The smallest absolute Gasteiger partial charge is 0.260 e. The van der Waals surface area contributed by atoms with Gasteiger partial charge in [-0.2, -0.15) is 0 Å². The van der Waals surface area contributed by atoms with Crippen LogP contribution >= 0.6 is 0 Å². The van der Waals surface area contributed by atoms with Crippen LogP contribution in [0.1, 0.15) is 27.7 Å². The maximum atomic E-state index is 12.0. The first-order valence-corrected chi connectivity index (χ1v) is 9.38. The number of benzene rings is 1. The lowest BCUT2D eigenvalue weighted by Crippen LogP contribution is -2.43. The molecule has 1 amide bonds. The van der Waals surface area contributed by atoms with Crippen molar-refractivity contribution in [3.05, 3.63) is 24.3 Å². The van der Waals surface area contributed by atoms with Gasteiger partial charge >= 0.3 is 0 Å². The average Bonchev–Trinajstić information content (AvgIpc) is 2.46. The van der Waals surface area contributed by atoms with Crippen molar-refractivity contribution in [2.75, 3.05) is 17.6 Å². The molecule has 0 fully saturated rings. The van der Waals surface area contributed by atoms with Crippen molar-refractivity contribution < 1.29 is 17.9 Å². The number of hydrogen-bond donors (Lipinski definition) is 1. The molecule has 2 atom stereocenters. The Hall–Kier alpha value is -1.76. The van der Waals surface area contributed by atoms with Crippen molar-refractivity contribution in [2.45, 2.75) is 39.8 Å². The average molecular weight is 342 g/mol. The van der Waals surface area contributed by atoms with Gasteiger partial charge in [-0.3, -0.25) is 9.10 Å². The fourth-order valence-corrected chi connectivity index (χ4v) is 2.20. The summed E-state index contributed by atoms with van der Waals surface area (Å²) < 4.78 is 29.7. The number of anilines is 1. The van der Waals surface area contributed by atoms with E-state index in [1.807, 2.05) is 20.8 Å². The standard InChI is InChI=1S/C16H26N2O4S/c1-11(2)12(3)17-16(19)13(4)22-15-9-7-14(8-10-15)18(5)23(6,20)21/h7-13H,1-6H3,(H,17,19)/t12-,13-/m1/s1. The number of rotatable bonds is 7. The lowest BCUT2D eigenvalue weighted by atomic mass is 10.1. The van der Waals surface area contributed by atoms with Gasteiger partial charge in [-0.1, -0.05) is 13.8 Å². The minimum atomic E-state index is -3.30. The summed E-state index contributed by atoms with van der Waals surface area (Å²) in [6.45, 7) is 7.70. The number of carbonyl (C=O) groups excluding carboxylic acids is 1. The normalized spacial score (nSPS) is 14.2. The molecule has 0 bridgehead atoms. The molecule has 1 aromatic carbocycles. The van der Waals surface area contributed by atoms with Crippen LogP contribution in [0.2, 0.25) is 0 Å². The van der Waals surface area contributed by atoms with Crippen molar-refractivity contribution in [1.29, 1.82) is 0 Å². The quantitative estimate of drug-likeness (QED) is 0.822. The van der Waals surface area contributed by atoms with Crippen LogP contribution in [0.15, 0.2) is 24.3 Å². The van der Waals surface area contributed by atoms with E-state index in [9.17, 15) is 13.2 Å². The number of ether oxygens (including phenoxy) is 1. The Bertz CT molecular complexity index is 626. The Morgan fingerprint density at radius 3 is 2.09 bits per heavy atom. The van der Waals surface area contributed by atoms with E-state index in [0.29, 0.717) is 17.4 Å². The van der Waals surface area contributed by atoms with E-state index in [1.165, 1.54) is 11.4 Å². The van der Waals surface area contributed by atoms with Crippen molar-refractivity contribution in [2.24, 2.45) is 5.92 Å². The Labute approximate surface area is 138 Å². The number of sulfonamides is 1. The lowest BCUT2D eigenvalue weighted by Gasteiger charge is -2.21. The highest BCUT2D eigenvalue weighted by Crippen LogP contribution is 2.21. The van der Waals surface area contributed by atoms with E-state index in [0.717, 1.165) is 6.26 Å². The Morgan fingerprint density at radius 2 is 1.65 bits per heavy atom. The summed E-state index contributed by atoms with van der Waals surface area (Å²) in [5.41, 5.74) is 0.533. The molecule has 0 saturated carbocycles. The van der Waals surface area contributed by atoms with Gasteiger partial charge in [0.1, 0.15) is 5.75 Å². The topological polar surface area (TPSA) is 75.7 Å². The SMILES string of the molecule is CC(C)[C@@H](C)NC(=O)[C@@H](C)Oc1ccc(N(C)S(C)(=O)=O)cc1. The third kappa shape index (κ3) is 5.74. The van der Waals surface area contributed by atoms with Crippen LogP contribution in [0, 0.1) is 5.92 Å². The van der Waals surface area contributed by atoms with E-state index in [-0.39, 0.29) is 11.9 Å². The van der Waals surface area contributed by atoms with Gasteiger partial charge in [0.25, 0.3) is 5.91 Å². The Kier molecular flexibility index (Phi) is 6.44. The van der Waals surface area contributed by atoms with Crippen LogP contribution in [0.4, 0.5) is 5.69 Å². The van der Waals surface area contributed by atoms with E-state index in [4.69, 9.17) is 4.74 Å². The molecule has 0 heterocycles. The molecule has 0 radical (unpaired) electrons. The number of nitrogens with one attached hydrogen (secondary N) is 1. The number of amides is 1. The molecular weight excluding hydrogens is 316 g/mol. The molecular formula is C16H26N2O4S. The monoisotopic (exact) mass is 342 g/mol. The molecule has 130 valence electrons. The van der Waals surface area contributed by atoms with Crippen molar-refractivity contribution in [3.8, 4) is 5.75 Å². The molecule has 0 spiro atoms. The number of nitrogens with zero attached hydrogens (tertiary/aromatic N) is 1. The number of carbonyl (C=O) groups is 1. The summed E-state index contributed by atoms with van der Waals surface area (Å²) in [6, 6.07) is 6.63. The molecule has 23 heavy (non-hydrogen) atoms. The van der Waals surface area contributed by atoms with E-state index in [1.54, 1.807) is 31.2 Å². The van der Waals surface area contributed by atoms with Gasteiger partial charge in [0.15, 0.2) is 6.10 Å². The first kappa shape index (κ1) is 19.3. The molecule has 1 N–H and O–H groups in total. The van der Waals surface area contributed by atoms with Gasteiger partial charge in [-0.25, -0.2) is 8.42 Å². The summed E-state index contributed by atoms with van der Waals surface area (Å²) in [4.78, 5) is 12.0. The van der Waals surface area contributed by atoms with Crippen LogP contribution in [0.5, 0.6) is 5.75 Å². The maximum Gasteiger partial charge on any atom is 0.260 e. The van der Waals surface area contributed by atoms with Crippen molar-refractivity contribution >= 4 is 21.6 Å². The largest absolute Gasteiger partial charge is 0.481 e. The third-order valence-corrected chi connectivity index (χ3v) is 4.96. The Balaban J connectivity index is 2.69. The molecule has 7 heteroatoms.